The van der Waals surface area contributed by atoms with Crippen LogP contribution in [0.15, 0.2) is 53.0 Å². The molecule has 1 aliphatic rings. The van der Waals surface area contributed by atoms with E-state index >= 15 is 0 Å². The zero-order chi connectivity index (χ0) is 14.8. The van der Waals surface area contributed by atoms with Crippen molar-refractivity contribution in [3.63, 3.8) is 0 Å². The lowest BCUT2D eigenvalue weighted by Crippen LogP contribution is -2.31. The Labute approximate surface area is 133 Å². The molecule has 3 rings (SSSR count). The number of anilines is 1. The monoisotopic (exact) mass is 343 g/mol. The molecule has 1 heterocycles. The van der Waals surface area contributed by atoms with Crippen LogP contribution < -0.4 is 4.90 Å². The minimum Gasteiger partial charge on any atom is -0.368 e. The van der Waals surface area contributed by atoms with Crippen molar-refractivity contribution in [3.8, 4) is 0 Å². The van der Waals surface area contributed by atoms with E-state index in [9.17, 15) is 4.79 Å². The third-order valence-electron chi connectivity index (χ3n) is 4.10. The Morgan fingerprint density at radius 3 is 2.71 bits per heavy atom. The fourth-order valence-electron chi connectivity index (χ4n) is 3.01. The van der Waals surface area contributed by atoms with Crippen LogP contribution in [0.2, 0.25) is 0 Å². The molecule has 21 heavy (non-hydrogen) atoms. The quantitative estimate of drug-likeness (QED) is 0.763. The maximum atomic E-state index is 12.4. The second-order valence-electron chi connectivity index (χ2n) is 5.53. The van der Waals surface area contributed by atoms with E-state index in [4.69, 9.17) is 0 Å². The van der Waals surface area contributed by atoms with Crippen LogP contribution >= 0.6 is 15.9 Å². The first kappa shape index (κ1) is 14.3. The molecule has 1 atom stereocenters. The van der Waals surface area contributed by atoms with E-state index in [-0.39, 0.29) is 5.78 Å². The largest absolute Gasteiger partial charge is 0.368 e. The molecular formula is C18H18BrNO. The molecule has 3 heteroatoms. The summed E-state index contributed by atoms with van der Waals surface area (Å²) >= 11 is 3.45. The number of para-hydroxylation sites is 1. The van der Waals surface area contributed by atoms with Gasteiger partial charge in [-0.3, -0.25) is 4.79 Å². The van der Waals surface area contributed by atoms with E-state index in [1.54, 1.807) is 0 Å². The van der Waals surface area contributed by atoms with E-state index in [2.05, 4.69) is 52.0 Å². The van der Waals surface area contributed by atoms with Crippen molar-refractivity contribution in [2.45, 2.75) is 25.8 Å². The summed E-state index contributed by atoms with van der Waals surface area (Å²) in [6.45, 7) is 3.00. The van der Waals surface area contributed by atoms with Gasteiger partial charge in [0.25, 0.3) is 0 Å². The zero-order valence-corrected chi connectivity index (χ0v) is 13.6. The number of halogens is 1. The molecule has 0 amide bonds. The molecule has 0 spiro atoms. The van der Waals surface area contributed by atoms with Gasteiger partial charge in [0.2, 0.25) is 0 Å². The van der Waals surface area contributed by atoms with E-state index in [0.717, 1.165) is 23.0 Å². The van der Waals surface area contributed by atoms with Gasteiger partial charge in [0, 0.05) is 34.7 Å². The van der Waals surface area contributed by atoms with Gasteiger partial charge in [0.1, 0.15) is 0 Å². The molecule has 2 nitrogen and oxygen atoms in total. The lowest BCUT2D eigenvalue weighted by molar-refractivity contribution is 0.0983. The number of hydrogen-bond donors (Lipinski definition) is 0. The predicted molar refractivity (Wildman–Crippen MR) is 90.0 cm³/mol. The summed E-state index contributed by atoms with van der Waals surface area (Å²) in [7, 11) is 0. The Morgan fingerprint density at radius 1 is 1.19 bits per heavy atom. The summed E-state index contributed by atoms with van der Waals surface area (Å²) in [5.74, 6) is 0.194. The summed E-state index contributed by atoms with van der Waals surface area (Å²) in [5, 5.41) is 0. The number of fused-ring (bicyclic) bond motifs is 1. The van der Waals surface area contributed by atoms with Crippen LogP contribution in [0, 0.1) is 0 Å². The van der Waals surface area contributed by atoms with E-state index < -0.39 is 0 Å². The molecule has 0 N–H and O–H groups in total. The number of carbonyl (C=O) groups is 1. The number of carbonyl (C=O) groups excluding carboxylic acids is 1. The van der Waals surface area contributed by atoms with Crippen LogP contribution in [0.5, 0.6) is 0 Å². The van der Waals surface area contributed by atoms with Crippen molar-refractivity contribution in [2.75, 3.05) is 11.4 Å². The van der Waals surface area contributed by atoms with Crippen molar-refractivity contribution >= 4 is 27.4 Å². The van der Waals surface area contributed by atoms with Crippen LogP contribution in [-0.4, -0.2) is 18.4 Å². The first-order valence-corrected chi connectivity index (χ1v) is 8.08. The van der Waals surface area contributed by atoms with Gasteiger partial charge < -0.3 is 4.90 Å². The van der Waals surface area contributed by atoms with Gasteiger partial charge >= 0.3 is 0 Å². The van der Waals surface area contributed by atoms with E-state index in [1.807, 2.05) is 24.3 Å². The Kier molecular flexibility index (Phi) is 4.11. The number of hydrogen-bond acceptors (Lipinski definition) is 2. The molecule has 0 bridgehead atoms. The summed E-state index contributed by atoms with van der Waals surface area (Å²) in [5.41, 5.74) is 3.45. The molecule has 2 aromatic carbocycles. The first-order valence-electron chi connectivity index (χ1n) is 7.29. The highest BCUT2D eigenvalue weighted by molar-refractivity contribution is 9.10. The highest BCUT2D eigenvalue weighted by atomic mass is 79.9. The first-order chi connectivity index (χ1) is 10.2. The lowest BCUT2D eigenvalue weighted by Gasteiger charge is -2.24. The zero-order valence-electron chi connectivity index (χ0n) is 12.1. The molecule has 1 aliphatic heterocycles. The standard InChI is InChI=1S/C18H18BrNO/c1-13-12-14-6-2-5-9-17(14)20(13)11-10-18(21)15-7-3-4-8-16(15)19/h2-9,13H,10-12H2,1H3. The summed E-state index contributed by atoms with van der Waals surface area (Å²) in [6.07, 6.45) is 1.61. The molecule has 0 saturated heterocycles. The molecule has 108 valence electrons. The van der Waals surface area contributed by atoms with Gasteiger partial charge in [-0.1, -0.05) is 52.3 Å². The number of nitrogens with zero attached hydrogens (tertiary/aromatic N) is 1. The summed E-state index contributed by atoms with van der Waals surface area (Å²) in [6, 6.07) is 16.6. The Morgan fingerprint density at radius 2 is 1.90 bits per heavy atom. The van der Waals surface area contributed by atoms with Crippen LogP contribution in [-0.2, 0) is 6.42 Å². The third-order valence-corrected chi connectivity index (χ3v) is 4.79. The second kappa shape index (κ2) is 6.02. The van der Waals surface area contributed by atoms with E-state index in [1.165, 1.54) is 11.3 Å². The summed E-state index contributed by atoms with van der Waals surface area (Å²) < 4.78 is 0.880. The number of benzene rings is 2. The number of rotatable bonds is 4. The van der Waals surface area contributed by atoms with Gasteiger partial charge in [-0.05, 0) is 31.0 Å². The van der Waals surface area contributed by atoms with E-state index in [0.29, 0.717) is 12.5 Å². The van der Waals surface area contributed by atoms with Gasteiger partial charge in [-0.2, -0.15) is 0 Å². The Balaban J connectivity index is 1.71. The van der Waals surface area contributed by atoms with Crippen LogP contribution in [0.3, 0.4) is 0 Å². The average Bonchev–Trinajstić information content (AvgIpc) is 2.81. The molecule has 0 radical (unpaired) electrons. The molecular weight excluding hydrogens is 326 g/mol. The minimum atomic E-state index is 0.194. The molecule has 2 aromatic rings. The van der Waals surface area contributed by atoms with Crippen molar-refractivity contribution in [1.29, 1.82) is 0 Å². The van der Waals surface area contributed by atoms with Crippen LogP contribution in [0.4, 0.5) is 5.69 Å². The van der Waals surface area contributed by atoms with Crippen molar-refractivity contribution in [1.82, 2.24) is 0 Å². The maximum absolute atomic E-state index is 12.4. The Hall–Kier alpha value is -1.61. The maximum Gasteiger partial charge on any atom is 0.165 e. The fraction of sp³-hybridized carbons (Fsp3) is 0.278. The smallest absolute Gasteiger partial charge is 0.165 e. The highest BCUT2D eigenvalue weighted by Crippen LogP contribution is 2.32. The summed E-state index contributed by atoms with van der Waals surface area (Å²) in [4.78, 5) is 14.7. The van der Waals surface area contributed by atoms with Gasteiger partial charge in [-0.15, -0.1) is 0 Å². The van der Waals surface area contributed by atoms with Crippen LogP contribution in [0.1, 0.15) is 29.3 Å². The number of Topliss-reactive ketones (excluding diaryl/α,β-unsaturated/α-hetero) is 1. The third kappa shape index (κ3) is 2.88. The van der Waals surface area contributed by atoms with Gasteiger partial charge in [0.05, 0.1) is 0 Å². The highest BCUT2D eigenvalue weighted by Gasteiger charge is 2.25. The minimum absolute atomic E-state index is 0.194. The average molecular weight is 344 g/mol. The topological polar surface area (TPSA) is 20.3 Å². The Bertz CT molecular complexity index is 668. The van der Waals surface area contributed by atoms with Gasteiger partial charge in [0.15, 0.2) is 5.78 Å². The predicted octanol–water partition coefficient (Wildman–Crippen LogP) is 4.47. The molecule has 1 unspecified atom stereocenters. The second-order valence-corrected chi connectivity index (χ2v) is 6.38. The normalized spacial score (nSPS) is 16.9. The van der Waals surface area contributed by atoms with Crippen molar-refractivity contribution in [2.24, 2.45) is 0 Å². The van der Waals surface area contributed by atoms with Crippen molar-refractivity contribution < 1.29 is 4.79 Å². The molecule has 0 saturated carbocycles. The lowest BCUT2D eigenvalue weighted by atomic mass is 10.1. The van der Waals surface area contributed by atoms with Crippen LogP contribution in [0.25, 0.3) is 0 Å². The number of ketones is 1. The fourth-order valence-corrected chi connectivity index (χ4v) is 3.52. The van der Waals surface area contributed by atoms with Crippen molar-refractivity contribution in [3.05, 3.63) is 64.1 Å². The van der Waals surface area contributed by atoms with Gasteiger partial charge in [-0.25, -0.2) is 0 Å². The molecule has 0 aliphatic carbocycles. The SMILES string of the molecule is CC1Cc2ccccc2N1CCC(=O)c1ccccc1Br. The molecule has 0 fully saturated rings. The molecule has 0 aromatic heterocycles.